The second-order valence-corrected chi connectivity index (χ2v) is 7.38. The monoisotopic (exact) mass is 557 g/mol. The molecule has 1 saturated heterocycles. The van der Waals surface area contributed by atoms with E-state index in [1.165, 1.54) is 13.1 Å². The van der Waals surface area contributed by atoms with Crippen molar-refractivity contribution >= 4 is 29.9 Å². The van der Waals surface area contributed by atoms with Crippen molar-refractivity contribution in [2.45, 2.75) is 32.5 Å². The van der Waals surface area contributed by atoms with Gasteiger partial charge in [0.25, 0.3) is 0 Å². The molecule has 1 aromatic carbocycles. The molecular formula is C21H35F3IN5O. The highest BCUT2D eigenvalue weighted by Gasteiger charge is 2.28. The van der Waals surface area contributed by atoms with E-state index in [-0.39, 0.29) is 29.7 Å². The van der Waals surface area contributed by atoms with E-state index in [0.29, 0.717) is 12.5 Å². The first-order chi connectivity index (χ1) is 14.4. The Morgan fingerprint density at radius 2 is 1.68 bits per heavy atom. The Kier molecular flexibility index (Phi) is 13.2. The van der Waals surface area contributed by atoms with Crippen LogP contribution in [-0.4, -0.2) is 81.4 Å². The highest BCUT2D eigenvalue weighted by atomic mass is 127. The topological polar surface area (TPSA) is 52.1 Å². The van der Waals surface area contributed by atoms with Crippen LogP contribution in [0.3, 0.4) is 0 Å². The molecule has 1 aromatic rings. The van der Waals surface area contributed by atoms with Crippen molar-refractivity contribution < 1.29 is 17.9 Å². The number of aliphatic imine (C=N–C) groups is 1. The van der Waals surface area contributed by atoms with Gasteiger partial charge < -0.3 is 25.2 Å². The van der Waals surface area contributed by atoms with Gasteiger partial charge in [-0.05, 0) is 43.6 Å². The average Bonchev–Trinajstić information content (AvgIpc) is 2.75. The lowest BCUT2D eigenvalue weighted by Gasteiger charge is -2.34. The Labute approximate surface area is 200 Å². The number of guanidine groups is 1. The Morgan fingerprint density at radius 3 is 2.26 bits per heavy atom. The lowest BCUT2D eigenvalue weighted by Crippen LogP contribution is -2.46. The van der Waals surface area contributed by atoms with Crippen molar-refractivity contribution in [2.75, 3.05) is 59.5 Å². The standard InChI is InChI=1S/C21H34F3N5O.HI/c1-3-28-12-14-29(15-13-28)11-5-4-10-26-20(25-2)27-16-18-6-8-19(9-7-18)30-17-21(22,23)24;/h6-9H,3-5,10-17H2,1-2H3,(H2,25,26,27);1H. The van der Waals surface area contributed by atoms with Gasteiger partial charge in [-0.1, -0.05) is 19.1 Å². The van der Waals surface area contributed by atoms with E-state index in [2.05, 4.69) is 32.3 Å². The molecule has 178 valence electrons. The highest BCUT2D eigenvalue weighted by molar-refractivity contribution is 14.0. The number of likely N-dealkylation sites (N-methyl/N-ethyl adjacent to an activating group) is 1. The van der Waals surface area contributed by atoms with E-state index in [0.717, 1.165) is 51.1 Å². The molecule has 2 rings (SSSR count). The first-order valence-electron chi connectivity index (χ1n) is 10.6. The van der Waals surface area contributed by atoms with Gasteiger partial charge in [-0.3, -0.25) is 4.99 Å². The predicted octanol–water partition coefficient (Wildman–Crippen LogP) is 3.33. The quantitative estimate of drug-likeness (QED) is 0.200. The highest BCUT2D eigenvalue weighted by Crippen LogP contribution is 2.18. The fourth-order valence-electron chi connectivity index (χ4n) is 3.27. The van der Waals surface area contributed by atoms with Gasteiger partial charge in [0.1, 0.15) is 5.75 Å². The molecule has 0 unspecified atom stereocenters. The van der Waals surface area contributed by atoms with Crippen LogP contribution in [0.5, 0.6) is 5.75 Å². The number of rotatable bonds is 10. The normalized spacial score (nSPS) is 16.0. The second kappa shape index (κ2) is 14.7. The van der Waals surface area contributed by atoms with Gasteiger partial charge >= 0.3 is 6.18 Å². The summed E-state index contributed by atoms with van der Waals surface area (Å²) in [4.78, 5) is 9.22. The van der Waals surface area contributed by atoms with Crippen LogP contribution in [0.25, 0.3) is 0 Å². The summed E-state index contributed by atoms with van der Waals surface area (Å²) in [5.41, 5.74) is 0.934. The minimum atomic E-state index is -4.33. The van der Waals surface area contributed by atoms with Crippen molar-refractivity contribution in [2.24, 2.45) is 4.99 Å². The molecule has 0 radical (unpaired) electrons. The number of benzene rings is 1. The molecule has 31 heavy (non-hydrogen) atoms. The number of piperazine rings is 1. The molecule has 0 spiro atoms. The summed E-state index contributed by atoms with van der Waals surface area (Å²) in [5, 5.41) is 6.52. The van der Waals surface area contributed by atoms with Gasteiger partial charge in [0.05, 0.1) is 0 Å². The van der Waals surface area contributed by atoms with Gasteiger partial charge in [0, 0.05) is 46.3 Å². The second-order valence-electron chi connectivity index (χ2n) is 7.38. The molecule has 6 nitrogen and oxygen atoms in total. The molecular weight excluding hydrogens is 522 g/mol. The van der Waals surface area contributed by atoms with E-state index in [4.69, 9.17) is 4.74 Å². The Hall–Kier alpha value is -1.27. The van der Waals surface area contributed by atoms with Gasteiger partial charge in [0.2, 0.25) is 0 Å². The van der Waals surface area contributed by atoms with Crippen molar-refractivity contribution in [3.63, 3.8) is 0 Å². The molecule has 0 bridgehead atoms. The van der Waals surface area contributed by atoms with Crippen LogP contribution in [0.1, 0.15) is 25.3 Å². The zero-order valence-electron chi connectivity index (χ0n) is 18.4. The van der Waals surface area contributed by atoms with E-state index in [9.17, 15) is 13.2 Å². The number of nitrogens with one attached hydrogen (secondary N) is 2. The summed E-state index contributed by atoms with van der Waals surface area (Å²) < 4.78 is 41.3. The largest absolute Gasteiger partial charge is 0.484 e. The third-order valence-corrected chi connectivity index (χ3v) is 5.12. The minimum absolute atomic E-state index is 0. The fraction of sp³-hybridized carbons (Fsp3) is 0.667. The lowest BCUT2D eigenvalue weighted by atomic mass is 10.2. The van der Waals surface area contributed by atoms with Gasteiger partial charge in [-0.25, -0.2) is 0 Å². The van der Waals surface area contributed by atoms with Gasteiger partial charge in [-0.2, -0.15) is 13.2 Å². The maximum atomic E-state index is 12.2. The lowest BCUT2D eigenvalue weighted by molar-refractivity contribution is -0.153. The summed E-state index contributed by atoms with van der Waals surface area (Å²) in [6, 6.07) is 6.56. The van der Waals surface area contributed by atoms with Crippen LogP contribution in [0.15, 0.2) is 29.3 Å². The number of hydrogen-bond donors (Lipinski definition) is 2. The SMILES string of the molecule is CCN1CCN(CCCCNC(=NC)NCc2ccc(OCC(F)(F)F)cc2)CC1.I. The summed E-state index contributed by atoms with van der Waals surface area (Å²) in [6.07, 6.45) is -2.11. The van der Waals surface area contributed by atoms with Crippen LogP contribution in [0, 0.1) is 0 Å². The summed E-state index contributed by atoms with van der Waals surface area (Å²) >= 11 is 0. The molecule has 1 aliphatic rings. The Morgan fingerprint density at radius 1 is 1.03 bits per heavy atom. The Balaban J connectivity index is 0.00000480. The average molecular weight is 557 g/mol. The summed E-state index contributed by atoms with van der Waals surface area (Å²) in [5.74, 6) is 0.915. The number of nitrogens with zero attached hydrogens (tertiary/aromatic N) is 3. The zero-order valence-corrected chi connectivity index (χ0v) is 20.7. The molecule has 0 aliphatic carbocycles. The molecule has 0 aromatic heterocycles. The van der Waals surface area contributed by atoms with Crippen molar-refractivity contribution in [3.05, 3.63) is 29.8 Å². The van der Waals surface area contributed by atoms with Crippen molar-refractivity contribution in [1.29, 1.82) is 0 Å². The molecule has 1 heterocycles. The molecule has 1 fully saturated rings. The fourth-order valence-corrected chi connectivity index (χ4v) is 3.27. The molecule has 10 heteroatoms. The smallest absolute Gasteiger partial charge is 0.422 e. The van der Waals surface area contributed by atoms with Crippen LogP contribution in [0.2, 0.25) is 0 Å². The first kappa shape index (κ1) is 27.8. The predicted molar refractivity (Wildman–Crippen MR) is 129 cm³/mol. The van der Waals surface area contributed by atoms with Crippen LogP contribution < -0.4 is 15.4 Å². The number of hydrogen-bond acceptors (Lipinski definition) is 4. The van der Waals surface area contributed by atoms with Crippen molar-refractivity contribution in [1.82, 2.24) is 20.4 Å². The third kappa shape index (κ3) is 11.8. The van der Waals surface area contributed by atoms with Gasteiger partial charge in [-0.15, -0.1) is 24.0 Å². The van der Waals surface area contributed by atoms with E-state index in [1.54, 1.807) is 31.3 Å². The third-order valence-electron chi connectivity index (χ3n) is 5.12. The van der Waals surface area contributed by atoms with Crippen molar-refractivity contribution in [3.8, 4) is 5.75 Å². The van der Waals surface area contributed by atoms with E-state index < -0.39 is 12.8 Å². The minimum Gasteiger partial charge on any atom is -0.484 e. The number of halogens is 4. The summed E-state index contributed by atoms with van der Waals surface area (Å²) in [6.45, 7) is 9.23. The molecule has 0 saturated carbocycles. The number of alkyl halides is 3. The molecule has 2 N–H and O–H groups in total. The Bertz CT molecular complexity index is 635. The van der Waals surface area contributed by atoms with Crippen LogP contribution in [0.4, 0.5) is 13.2 Å². The molecule has 0 atom stereocenters. The first-order valence-corrected chi connectivity index (χ1v) is 10.6. The van der Waals surface area contributed by atoms with E-state index >= 15 is 0 Å². The number of unbranched alkanes of at least 4 members (excludes halogenated alkanes) is 1. The van der Waals surface area contributed by atoms with Crippen LogP contribution >= 0.6 is 24.0 Å². The van der Waals surface area contributed by atoms with Crippen LogP contribution in [-0.2, 0) is 6.54 Å². The summed E-state index contributed by atoms with van der Waals surface area (Å²) in [7, 11) is 1.72. The maximum absolute atomic E-state index is 12.2. The number of ether oxygens (including phenoxy) is 1. The molecule has 1 aliphatic heterocycles. The molecule has 0 amide bonds. The maximum Gasteiger partial charge on any atom is 0.422 e. The zero-order chi connectivity index (χ0) is 21.8. The van der Waals surface area contributed by atoms with E-state index in [1.807, 2.05) is 0 Å². The van der Waals surface area contributed by atoms with Gasteiger partial charge in [0.15, 0.2) is 12.6 Å².